The Labute approximate surface area is 188 Å². The monoisotopic (exact) mass is 434 g/mol. The minimum absolute atomic E-state index is 0.0922. The largest absolute Gasteiger partial charge is 0.368 e. The number of likely N-dealkylation sites (tertiary alicyclic amines) is 1. The molecule has 1 aromatic heterocycles. The molecule has 0 spiro atoms. The maximum Gasteiger partial charge on any atom is 0.257 e. The van der Waals surface area contributed by atoms with Gasteiger partial charge in [-0.1, -0.05) is 29.8 Å². The predicted molar refractivity (Wildman–Crippen MR) is 127 cm³/mol. The summed E-state index contributed by atoms with van der Waals surface area (Å²) in [7, 11) is 0. The average Bonchev–Trinajstić information content (AvgIpc) is 2.84. The van der Waals surface area contributed by atoms with Crippen molar-refractivity contribution >= 4 is 39.8 Å². The van der Waals surface area contributed by atoms with Crippen molar-refractivity contribution < 1.29 is 4.79 Å². The van der Waals surface area contributed by atoms with Crippen molar-refractivity contribution in [2.75, 3.05) is 49.1 Å². The van der Waals surface area contributed by atoms with E-state index in [1.165, 1.54) is 12.1 Å². The molecule has 5 rings (SSSR count). The molecule has 160 valence electrons. The Kier molecular flexibility index (Phi) is 5.68. The smallest absolute Gasteiger partial charge is 0.257 e. The van der Waals surface area contributed by atoms with Gasteiger partial charge in [0.25, 0.3) is 5.91 Å². The summed E-state index contributed by atoms with van der Waals surface area (Å²) in [5.74, 6) is 0.0922. The van der Waals surface area contributed by atoms with E-state index in [9.17, 15) is 4.79 Å². The third-order valence-electron chi connectivity index (χ3n) is 6.39. The molecular formula is C25H27ClN4O. The van der Waals surface area contributed by atoms with Gasteiger partial charge in [-0.3, -0.25) is 9.78 Å². The molecular weight excluding hydrogens is 408 g/mol. The zero-order chi connectivity index (χ0) is 21.2. The van der Waals surface area contributed by atoms with Crippen LogP contribution in [0.4, 0.5) is 11.4 Å². The van der Waals surface area contributed by atoms with Gasteiger partial charge < -0.3 is 14.7 Å². The quantitative estimate of drug-likeness (QED) is 0.591. The van der Waals surface area contributed by atoms with E-state index in [1.54, 1.807) is 6.20 Å². The minimum atomic E-state index is 0.0922. The molecule has 2 saturated heterocycles. The maximum atomic E-state index is 13.5. The molecule has 6 heteroatoms. The first-order valence-corrected chi connectivity index (χ1v) is 11.5. The van der Waals surface area contributed by atoms with Gasteiger partial charge in [0.1, 0.15) is 0 Å². The third-order valence-corrected chi connectivity index (χ3v) is 6.63. The van der Waals surface area contributed by atoms with Crippen LogP contribution >= 0.6 is 11.6 Å². The van der Waals surface area contributed by atoms with Crippen molar-refractivity contribution in [3.8, 4) is 0 Å². The SMILES string of the molecule is O=C(c1cnc2ccc(Cl)cc2c1N1CCN(c2ccccc2)CC1)N1CCCCC1. The van der Waals surface area contributed by atoms with E-state index in [-0.39, 0.29) is 5.91 Å². The minimum Gasteiger partial charge on any atom is -0.368 e. The van der Waals surface area contributed by atoms with Crippen LogP contribution in [0.3, 0.4) is 0 Å². The molecule has 2 aromatic carbocycles. The third kappa shape index (κ3) is 4.07. The Hall–Kier alpha value is -2.79. The number of piperazine rings is 1. The van der Waals surface area contributed by atoms with Gasteiger partial charge in [-0.25, -0.2) is 0 Å². The zero-order valence-corrected chi connectivity index (χ0v) is 18.4. The summed E-state index contributed by atoms with van der Waals surface area (Å²) in [6.45, 7) is 5.17. The number of benzene rings is 2. The first-order chi connectivity index (χ1) is 15.2. The highest BCUT2D eigenvalue weighted by Crippen LogP contribution is 2.34. The maximum absolute atomic E-state index is 13.5. The number of pyridine rings is 1. The number of halogens is 1. The van der Waals surface area contributed by atoms with E-state index in [4.69, 9.17) is 11.6 Å². The van der Waals surface area contributed by atoms with Crippen LogP contribution in [0.2, 0.25) is 5.02 Å². The summed E-state index contributed by atoms with van der Waals surface area (Å²) in [4.78, 5) is 24.8. The number of fused-ring (bicyclic) bond motifs is 1. The van der Waals surface area contributed by atoms with Crippen molar-refractivity contribution in [2.24, 2.45) is 0 Å². The lowest BCUT2D eigenvalue weighted by Crippen LogP contribution is -2.47. The Morgan fingerprint density at radius 1 is 0.839 bits per heavy atom. The van der Waals surface area contributed by atoms with Crippen LogP contribution in [-0.4, -0.2) is 55.1 Å². The van der Waals surface area contributed by atoms with Crippen molar-refractivity contribution in [2.45, 2.75) is 19.3 Å². The van der Waals surface area contributed by atoms with Gasteiger partial charge in [0.2, 0.25) is 0 Å². The van der Waals surface area contributed by atoms with E-state index >= 15 is 0 Å². The predicted octanol–water partition coefficient (Wildman–Crippen LogP) is 4.84. The molecule has 0 unspecified atom stereocenters. The molecule has 0 bridgehead atoms. The summed E-state index contributed by atoms with van der Waals surface area (Å²) >= 11 is 6.36. The standard InChI is InChI=1S/C25H27ClN4O/c26-19-9-10-23-21(17-19)24(22(18-27-23)25(31)30-11-5-2-6-12-30)29-15-13-28(14-16-29)20-7-3-1-4-8-20/h1,3-4,7-10,17-18H,2,5-6,11-16H2. The van der Waals surface area contributed by atoms with E-state index < -0.39 is 0 Å². The summed E-state index contributed by atoms with van der Waals surface area (Å²) in [5, 5.41) is 1.63. The van der Waals surface area contributed by atoms with E-state index in [2.05, 4.69) is 39.0 Å². The van der Waals surface area contributed by atoms with Gasteiger partial charge >= 0.3 is 0 Å². The number of aromatic nitrogens is 1. The fourth-order valence-electron chi connectivity index (χ4n) is 4.74. The fraction of sp³-hybridized carbons (Fsp3) is 0.360. The van der Waals surface area contributed by atoms with Crippen molar-refractivity contribution in [3.63, 3.8) is 0 Å². The Morgan fingerprint density at radius 3 is 2.29 bits per heavy atom. The van der Waals surface area contributed by atoms with Crippen molar-refractivity contribution in [1.82, 2.24) is 9.88 Å². The molecule has 31 heavy (non-hydrogen) atoms. The topological polar surface area (TPSA) is 39.7 Å². The van der Waals surface area contributed by atoms with Crippen LogP contribution in [0.25, 0.3) is 10.9 Å². The summed E-state index contributed by atoms with van der Waals surface area (Å²) in [5.41, 5.74) is 3.80. The van der Waals surface area contributed by atoms with Gasteiger partial charge in [0.15, 0.2) is 0 Å². The second-order valence-electron chi connectivity index (χ2n) is 8.34. The van der Waals surface area contributed by atoms with Gasteiger partial charge in [0, 0.05) is 61.6 Å². The number of carbonyl (C=O) groups excluding carboxylic acids is 1. The Balaban J connectivity index is 1.50. The Bertz CT molecular complexity index is 1070. The molecule has 2 aliphatic rings. The average molecular weight is 435 g/mol. The zero-order valence-electron chi connectivity index (χ0n) is 17.6. The molecule has 0 N–H and O–H groups in total. The van der Waals surface area contributed by atoms with Crippen LogP contribution in [-0.2, 0) is 0 Å². The highest BCUT2D eigenvalue weighted by Gasteiger charge is 2.27. The van der Waals surface area contributed by atoms with E-state index in [0.717, 1.165) is 68.7 Å². The van der Waals surface area contributed by atoms with Crippen LogP contribution in [0.1, 0.15) is 29.6 Å². The first-order valence-electron chi connectivity index (χ1n) is 11.1. The number of amides is 1. The van der Waals surface area contributed by atoms with E-state index in [1.807, 2.05) is 29.2 Å². The number of nitrogens with zero attached hydrogens (tertiary/aromatic N) is 4. The van der Waals surface area contributed by atoms with Crippen LogP contribution in [0, 0.1) is 0 Å². The second-order valence-corrected chi connectivity index (χ2v) is 8.78. The Morgan fingerprint density at radius 2 is 1.55 bits per heavy atom. The van der Waals surface area contributed by atoms with Crippen LogP contribution in [0.15, 0.2) is 54.7 Å². The van der Waals surface area contributed by atoms with Crippen molar-refractivity contribution in [1.29, 1.82) is 0 Å². The molecule has 2 fully saturated rings. The summed E-state index contributed by atoms with van der Waals surface area (Å²) in [6, 6.07) is 16.3. The number of piperidine rings is 1. The lowest BCUT2D eigenvalue weighted by atomic mass is 10.0. The molecule has 3 heterocycles. The second kappa shape index (κ2) is 8.75. The van der Waals surface area contributed by atoms with Gasteiger partial charge in [0.05, 0.1) is 16.8 Å². The molecule has 0 atom stereocenters. The highest BCUT2D eigenvalue weighted by atomic mass is 35.5. The molecule has 0 saturated carbocycles. The van der Waals surface area contributed by atoms with Crippen LogP contribution < -0.4 is 9.80 Å². The first kappa shape index (κ1) is 20.1. The van der Waals surface area contributed by atoms with Crippen molar-refractivity contribution in [3.05, 3.63) is 65.3 Å². The van der Waals surface area contributed by atoms with Gasteiger partial charge in [-0.15, -0.1) is 0 Å². The molecule has 0 radical (unpaired) electrons. The van der Waals surface area contributed by atoms with Gasteiger partial charge in [-0.2, -0.15) is 0 Å². The highest BCUT2D eigenvalue weighted by molar-refractivity contribution is 6.31. The normalized spacial score (nSPS) is 17.3. The number of carbonyl (C=O) groups is 1. The number of hydrogen-bond donors (Lipinski definition) is 0. The van der Waals surface area contributed by atoms with Crippen LogP contribution in [0.5, 0.6) is 0 Å². The molecule has 1 amide bonds. The fourth-order valence-corrected chi connectivity index (χ4v) is 4.91. The van der Waals surface area contributed by atoms with E-state index in [0.29, 0.717) is 10.6 Å². The molecule has 2 aliphatic heterocycles. The summed E-state index contributed by atoms with van der Waals surface area (Å²) in [6.07, 6.45) is 5.11. The number of anilines is 2. The molecule has 3 aromatic rings. The number of hydrogen-bond acceptors (Lipinski definition) is 4. The lowest BCUT2D eigenvalue weighted by molar-refractivity contribution is 0.0724. The van der Waals surface area contributed by atoms with Gasteiger partial charge in [-0.05, 0) is 49.6 Å². The number of rotatable bonds is 3. The lowest BCUT2D eigenvalue weighted by Gasteiger charge is -2.39. The number of para-hydroxylation sites is 1. The molecule has 0 aliphatic carbocycles. The summed E-state index contributed by atoms with van der Waals surface area (Å²) < 4.78 is 0. The molecule has 5 nitrogen and oxygen atoms in total.